The van der Waals surface area contributed by atoms with E-state index in [-0.39, 0.29) is 13.1 Å². The van der Waals surface area contributed by atoms with E-state index in [4.69, 9.17) is 5.11 Å². The average Bonchev–Trinajstić information content (AvgIpc) is 2.02. The smallest absolute Gasteiger partial charge is 0.377 e. The number of amides is 1. The SMILES string of the molecule is CNC(O)CNCC(=O)OC(N)=O. The van der Waals surface area contributed by atoms with Crippen LogP contribution in [0.15, 0.2) is 0 Å². The molecule has 0 aromatic rings. The minimum atomic E-state index is -1.14. The van der Waals surface area contributed by atoms with Crippen molar-refractivity contribution >= 4 is 12.1 Å². The van der Waals surface area contributed by atoms with Gasteiger partial charge in [-0.1, -0.05) is 0 Å². The van der Waals surface area contributed by atoms with Crippen molar-refractivity contribution in [3.05, 3.63) is 0 Å². The zero-order chi connectivity index (χ0) is 10.3. The molecule has 0 aliphatic carbocycles. The molecule has 0 aromatic carbocycles. The monoisotopic (exact) mass is 191 g/mol. The maximum absolute atomic E-state index is 10.6. The van der Waals surface area contributed by atoms with Gasteiger partial charge in [0.05, 0.1) is 6.54 Å². The summed E-state index contributed by atoms with van der Waals surface area (Å²) >= 11 is 0. The fourth-order valence-electron chi connectivity index (χ4n) is 0.561. The minimum absolute atomic E-state index is 0.171. The lowest BCUT2D eigenvalue weighted by Gasteiger charge is -2.08. The lowest BCUT2D eigenvalue weighted by molar-refractivity contribution is -0.136. The van der Waals surface area contributed by atoms with Crippen LogP contribution in [-0.2, 0) is 9.53 Å². The molecule has 0 bridgehead atoms. The van der Waals surface area contributed by atoms with Gasteiger partial charge < -0.3 is 20.9 Å². The van der Waals surface area contributed by atoms with Gasteiger partial charge in [0.15, 0.2) is 0 Å². The Labute approximate surface area is 75.2 Å². The molecule has 0 radical (unpaired) electrons. The highest BCUT2D eigenvalue weighted by Gasteiger charge is 2.06. The van der Waals surface area contributed by atoms with Gasteiger partial charge in [-0.05, 0) is 7.05 Å². The van der Waals surface area contributed by atoms with E-state index < -0.39 is 18.3 Å². The van der Waals surface area contributed by atoms with Gasteiger partial charge in [0.2, 0.25) is 0 Å². The molecule has 5 N–H and O–H groups in total. The lowest BCUT2D eigenvalue weighted by Crippen LogP contribution is -2.39. The summed E-state index contributed by atoms with van der Waals surface area (Å²) in [7, 11) is 1.56. The van der Waals surface area contributed by atoms with E-state index in [9.17, 15) is 9.59 Å². The van der Waals surface area contributed by atoms with E-state index in [0.717, 1.165) is 0 Å². The van der Waals surface area contributed by atoms with Crippen molar-refractivity contribution in [2.24, 2.45) is 5.73 Å². The number of nitrogens with two attached hydrogens (primary N) is 1. The van der Waals surface area contributed by atoms with Crippen LogP contribution in [0.25, 0.3) is 0 Å². The Hall–Kier alpha value is -1.18. The number of primary amides is 1. The Balaban J connectivity index is 3.42. The van der Waals surface area contributed by atoms with Crippen molar-refractivity contribution in [1.29, 1.82) is 0 Å². The average molecular weight is 191 g/mol. The standard InChI is InChI=1S/C6H13N3O4/c1-8-4(10)2-9-3-5(11)13-6(7)12/h4,8-10H,2-3H2,1H3,(H2,7,12). The van der Waals surface area contributed by atoms with Gasteiger partial charge in [0, 0.05) is 6.54 Å². The molecule has 7 heteroatoms. The maximum atomic E-state index is 10.6. The number of aliphatic hydroxyl groups excluding tert-OH is 1. The normalized spacial score (nSPS) is 12.2. The molecule has 76 valence electrons. The van der Waals surface area contributed by atoms with Crippen LogP contribution in [0.4, 0.5) is 4.79 Å². The first-order valence-electron chi connectivity index (χ1n) is 3.62. The van der Waals surface area contributed by atoms with Crippen molar-refractivity contribution in [2.45, 2.75) is 6.23 Å². The molecule has 7 nitrogen and oxygen atoms in total. The number of hydrogen-bond donors (Lipinski definition) is 4. The summed E-state index contributed by atoms with van der Waals surface area (Å²) in [4.78, 5) is 20.7. The third kappa shape index (κ3) is 7.19. The Kier molecular flexibility index (Phi) is 5.77. The lowest BCUT2D eigenvalue weighted by atomic mass is 10.5. The van der Waals surface area contributed by atoms with Crippen LogP contribution in [0.1, 0.15) is 0 Å². The van der Waals surface area contributed by atoms with Gasteiger partial charge in [0.25, 0.3) is 0 Å². The molecule has 0 aliphatic heterocycles. The van der Waals surface area contributed by atoms with Gasteiger partial charge in [-0.3, -0.25) is 10.1 Å². The molecule has 0 aliphatic rings. The van der Waals surface area contributed by atoms with Crippen molar-refractivity contribution in [3.8, 4) is 0 Å². The molecule has 0 heterocycles. The molecule has 0 fully saturated rings. The predicted octanol–water partition coefficient (Wildman–Crippen LogP) is -2.26. The molecule has 0 aromatic heterocycles. The van der Waals surface area contributed by atoms with Gasteiger partial charge in [0.1, 0.15) is 6.23 Å². The second-order valence-corrected chi connectivity index (χ2v) is 2.23. The number of esters is 1. The summed E-state index contributed by atoms with van der Waals surface area (Å²) in [5.41, 5.74) is 4.58. The van der Waals surface area contributed by atoms with Crippen LogP contribution in [0.3, 0.4) is 0 Å². The van der Waals surface area contributed by atoms with Gasteiger partial charge in [-0.15, -0.1) is 0 Å². The fraction of sp³-hybridized carbons (Fsp3) is 0.667. The molecule has 1 atom stereocenters. The van der Waals surface area contributed by atoms with Crippen LogP contribution in [0.2, 0.25) is 0 Å². The molecule has 0 rings (SSSR count). The zero-order valence-corrected chi connectivity index (χ0v) is 7.24. The highest BCUT2D eigenvalue weighted by atomic mass is 16.6. The summed E-state index contributed by atoms with van der Waals surface area (Å²) in [6.07, 6.45) is -1.89. The van der Waals surface area contributed by atoms with E-state index in [2.05, 4.69) is 21.1 Å². The van der Waals surface area contributed by atoms with Crippen LogP contribution < -0.4 is 16.4 Å². The Bertz CT molecular complexity index is 185. The van der Waals surface area contributed by atoms with E-state index in [0.29, 0.717) is 0 Å². The number of carbonyl (C=O) groups is 2. The topological polar surface area (TPSA) is 114 Å². The second kappa shape index (κ2) is 6.35. The Morgan fingerprint density at radius 2 is 2.23 bits per heavy atom. The molecule has 13 heavy (non-hydrogen) atoms. The molecule has 0 saturated heterocycles. The highest BCUT2D eigenvalue weighted by Crippen LogP contribution is 1.76. The fourth-order valence-corrected chi connectivity index (χ4v) is 0.561. The summed E-state index contributed by atoms with van der Waals surface area (Å²) < 4.78 is 4.00. The largest absolute Gasteiger partial charge is 0.412 e. The molecule has 0 saturated carbocycles. The Morgan fingerprint density at radius 1 is 1.62 bits per heavy atom. The molecule has 1 amide bonds. The van der Waals surface area contributed by atoms with Crippen LogP contribution in [0.5, 0.6) is 0 Å². The predicted molar refractivity (Wildman–Crippen MR) is 43.6 cm³/mol. The number of nitrogens with one attached hydrogen (secondary N) is 2. The van der Waals surface area contributed by atoms with Crippen molar-refractivity contribution in [2.75, 3.05) is 20.1 Å². The third-order valence-electron chi connectivity index (χ3n) is 1.15. The third-order valence-corrected chi connectivity index (χ3v) is 1.15. The van der Waals surface area contributed by atoms with Crippen LogP contribution in [-0.4, -0.2) is 43.5 Å². The second-order valence-electron chi connectivity index (χ2n) is 2.23. The van der Waals surface area contributed by atoms with E-state index in [1.807, 2.05) is 0 Å². The number of hydrogen-bond acceptors (Lipinski definition) is 6. The van der Waals surface area contributed by atoms with Crippen molar-refractivity contribution in [3.63, 3.8) is 0 Å². The molecular weight excluding hydrogens is 178 g/mol. The van der Waals surface area contributed by atoms with E-state index >= 15 is 0 Å². The summed E-state index contributed by atoms with van der Waals surface area (Å²) in [5, 5.41) is 14.0. The van der Waals surface area contributed by atoms with Gasteiger partial charge in [-0.25, -0.2) is 4.79 Å². The van der Waals surface area contributed by atoms with Crippen molar-refractivity contribution in [1.82, 2.24) is 10.6 Å². The van der Waals surface area contributed by atoms with Gasteiger partial charge >= 0.3 is 12.1 Å². The quantitative estimate of drug-likeness (QED) is 0.221. The summed E-state index contributed by atoms with van der Waals surface area (Å²) in [5.74, 6) is -0.782. The van der Waals surface area contributed by atoms with Crippen LogP contribution >= 0.6 is 0 Å². The van der Waals surface area contributed by atoms with Gasteiger partial charge in [-0.2, -0.15) is 0 Å². The number of likely N-dealkylation sites (N-methyl/N-ethyl adjacent to an activating group) is 1. The maximum Gasteiger partial charge on any atom is 0.412 e. The minimum Gasteiger partial charge on any atom is -0.377 e. The number of aliphatic hydroxyl groups is 1. The number of carbonyl (C=O) groups excluding carboxylic acids is 2. The van der Waals surface area contributed by atoms with E-state index in [1.54, 1.807) is 7.05 Å². The molecular formula is C6H13N3O4. The summed E-state index contributed by atoms with van der Waals surface area (Å²) in [6.45, 7) is -0.00789. The molecule has 1 unspecified atom stereocenters. The first-order valence-corrected chi connectivity index (χ1v) is 3.62. The van der Waals surface area contributed by atoms with Crippen molar-refractivity contribution < 1.29 is 19.4 Å². The highest BCUT2D eigenvalue weighted by molar-refractivity contribution is 5.84. The van der Waals surface area contributed by atoms with Crippen LogP contribution in [0, 0.1) is 0 Å². The Morgan fingerprint density at radius 3 is 2.69 bits per heavy atom. The zero-order valence-electron chi connectivity index (χ0n) is 7.24. The van der Waals surface area contributed by atoms with E-state index in [1.165, 1.54) is 0 Å². The summed E-state index contributed by atoms with van der Waals surface area (Å²) in [6, 6.07) is 0. The molecule has 0 spiro atoms. The first-order chi connectivity index (χ1) is 6.06. The number of rotatable bonds is 5. The first kappa shape index (κ1) is 11.8. The number of ether oxygens (including phenoxy) is 1.